The molecule has 1 aromatic rings. The molecular formula is C16H22N2O2. The summed E-state index contributed by atoms with van der Waals surface area (Å²) in [7, 11) is 0. The van der Waals surface area contributed by atoms with Gasteiger partial charge in [-0.05, 0) is 55.9 Å². The highest BCUT2D eigenvalue weighted by molar-refractivity contribution is 5.94. The van der Waals surface area contributed by atoms with E-state index in [1.807, 2.05) is 0 Å². The number of carbonyl (C=O) groups is 1. The minimum Gasteiger partial charge on any atom is -0.467 e. The first-order valence-corrected chi connectivity index (χ1v) is 7.81. The van der Waals surface area contributed by atoms with Gasteiger partial charge in [0.15, 0.2) is 0 Å². The van der Waals surface area contributed by atoms with Crippen LogP contribution in [0.5, 0.6) is 0 Å². The summed E-state index contributed by atoms with van der Waals surface area (Å²) in [5, 5.41) is 0. The Morgan fingerprint density at radius 2 is 1.90 bits per heavy atom. The molecule has 2 aliphatic heterocycles. The van der Waals surface area contributed by atoms with Gasteiger partial charge in [-0.3, -0.25) is 4.79 Å². The Morgan fingerprint density at radius 1 is 1.20 bits per heavy atom. The van der Waals surface area contributed by atoms with E-state index in [-0.39, 0.29) is 5.91 Å². The number of furan rings is 1. The highest BCUT2D eigenvalue weighted by Gasteiger charge is 2.44. The summed E-state index contributed by atoms with van der Waals surface area (Å²) in [6.45, 7) is 1.29. The van der Waals surface area contributed by atoms with Gasteiger partial charge in [0.1, 0.15) is 12.0 Å². The lowest BCUT2D eigenvalue weighted by molar-refractivity contribution is 0.0632. The van der Waals surface area contributed by atoms with Gasteiger partial charge in [0, 0.05) is 12.6 Å². The smallest absolute Gasteiger partial charge is 0.257 e. The van der Waals surface area contributed by atoms with Crippen LogP contribution >= 0.6 is 0 Å². The molecule has 3 heterocycles. The Kier molecular flexibility index (Phi) is 2.88. The monoisotopic (exact) mass is 274 g/mol. The fourth-order valence-corrected chi connectivity index (χ4v) is 4.80. The topological polar surface area (TPSA) is 59.5 Å². The summed E-state index contributed by atoms with van der Waals surface area (Å²) in [5.74, 6) is 3.27. The maximum absolute atomic E-state index is 12.8. The van der Waals surface area contributed by atoms with Crippen LogP contribution in [0.3, 0.4) is 0 Å². The molecule has 2 unspecified atom stereocenters. The number of hydrogen-bond donors (Lipinski definition) is 1. The summed E-state index contributed by atoms with van der Waals surface area (Å²) >= 11 is 0. The molecule has 1 amide bonds. The van der Waals surface area contributed by atoms with Gasteiger partial charge in [-0.25, -0.2) is 0 Å². The molecular weight excluding hydrogens is 252 g/mol. The molecule has 4 fully saturated rings. The van der Waals surface area contributed by atoms with Crippen molar-refractivity contribution >= 4 is 5.91 Å². The molecule has 2 saturated heterocycles. The number of hydrogen-bond acceptors (Lipinski definition) is 3. The zero-order valence-corrected chi connectivity index (χ0v) is 11.8. The molecule has 0 spiro atoms. The van der Waals surface area contributed by atoms with Gasteiger partial charge in [-0.2, -0.15) is 0 Å². The van der Waals surface area contributed by atoms with E-state index in [0.717, 1.165) is 24.3 Å². The lowest BCUT2D eigenvalue weighted by Crippen LogP contribution is -2.42. The van der Waals surface area contributed by atoms with E-state index in [1.165, 1.54) is 32.1 Å². The van der Waals surface area contributed by atoms with Crippen molar-refractivity contribution in [3.05, 3.63) is 23.7 Å². The number of amides is 1. The van der Waals surface area contributed by atoms with E-state index < -0.39 is 0 Å². The van der Waals surface area contributed by atoms with E-state index in [9.17, 15) is 4.79 Å². The summed E-state index contributed by atoms with van der Waals surface area (Å²) in [5.41, 5.74) is 6.23. The third kappa shape index (κ3) is 1.97. The predicted octanol–water partition coefficient (Wildman–Crippen LogP) is 2.39. The summed E-state index contributed by atoms with van der Waals surface area (Å²) in [4.78, 5) is 14.9. The quantitative estimate of drug-likeness (QED) is 0.900. The maximum Gasteiger partial charge on any atom is 0.257 e. The second kappa shape index (κ2) is 4.62. The number of fused-ring (bicyclic) bond motifs is 1. The van der Waals surface area contributed by atoms with Gasteiger partial charge < -0.3 is 15.1 Å². The highest BCUT2D eigenvalue weighted by Crippen LogP contribution is 2.47. The van der Waals surface area contributed by atoms with Crippen molar-refractivity contribution in [2.24, 2.45) is 23.5 Å². The van der Waals surface area contributed by atoms with Crippen molar-refractivity contribution in [1.82, 2.24) is 4.90 Å². The molecule has 2 atom stereocenters. The minimum atomic E-state index is 0.145. The third-order valence-electron chi connectivity index (χ3n) is 5.47. The van der Waals surface area contributed by atoms with Crippen molar-refractivity contribution in [3.63, 3.8) is 0 Å². The number of nitrogens with two attached hydrogens (primary N) is 1. The van der Waals surface area contributed by atoms with E-state index in [1.54, 1.807) is 12.3 Å². The van der Waals surface area contributed by atoms with Gasteiger partial charge >= 0.3 is 0 Å². The summed E-state index contributed by atoms with van der Waals surface area (Å²) in [6.07, 6.45) is 8.05. The molecule has 4 aliphatic rings. The standard InChI is InChI=1S/C16H22N2O2/c17-7-15-6-13(9-20-15)16(19)18-8-12-2-10-1-11(3-12)5-14(18)4-10/h6,9-12,14H,1-5,7-8,17H2. The van der Waals surface area contributed by atoms with Crippen molar-refractivity contribution in [2.75, 3.05) is 6.54 Å². The zero-order valence-electron chi connectivity index (χ0n) is 11.8. The minimum absolute atomic E-state index is 0.145. The van der Waals surface area contributed by atoms with Crippen LogP contribution in [0.4, 0.5) is 0 Å². The van der Waals surface area contributed by atoms with Crippen LogP contribution < -0.4 is 5.73 Å². The number of nitrogens with zero attached hydrogens (tertiary/aromatic N) is 1. The summed E-state index contributed by atoms with van der Waals surface area (Å²) < 4.78 is 5.33. The summed E-state index contributed by atoms with van der Waals surface area (Å²) in [6, 6.07) is 2.26. The van der Waals surface area contributed by atoms with E-state index in [2.05, 4.69) is 4.90 Å². The molecule has 20 heavy (non-hydrogen) atoms. The molecule has 2 aliphatic carbocycles. The SMILES string of the molecule is NCc1cc(C(=O)N2CC3CC4CC(C3)CC2C4)co1. The van der Waals surface area contributed by atoms with Crippen LogP contribution in [-0.2, 0) is 6.54 Å². The Morgan fingerprint density at radius 3 is 2.55 bits per heavy atom. The molecule has 2 N–H and O–H groups in total. The first-order valence-electron chi connectivity index (χ1n) is 7.81. The molecule has 5 rings (SSSR count). The predicted molar refractivity (Wildman–Crippen MR) is 75.0 cm³/mol. The third-order valence-corrected chi connectivity index (χ3v) is 5.47. The molecule has 4 bridgehead atoms. The van der Waals surface area contributed by atoms with E-state index in [0.29, 0.717) is 23.9 Å². The van der Waals surface area contributed by atoms with Gasteiger partial charge in [-0.15, -0.1) is 0 Å². The van der Waals surface area contributed by atoms with Crippen LogP contribution in [0.15, 0.2) is 16.7 Å². The first kappa shape index (κ1) is 12.5. The van der Waals surface area contributed by atoms with Crippen LogP contribution in [0.1, 0.15) is 48.2 Å². The molecule has 4 heteroatoms. The molecule has 2 saturated carbocycles. The van der Waals surface area contributed by atoms with Gasteiger partial charge in [0.05, 0.1) is 12.1 Å². The fraction of sp³-hybridized carbons (Fsp3) is 0.688. The Labute approximate surface area is 119 Å². The van der Waals surface area contributed by atoms with Crippen molar-refractivity contribution in [3.8, 4) is 0 Å². The number of carbonyl (C=O) groups excluding carboxylic acids is 1. The normalized spacial score (nSPS) is 35.4. The molecule has 0 radical (unpaired) electrons. The van der Waals surface area contributed by atoms with Gasteiger partial charge in [0.25, 0.3) is 5.91 Å². The van der Waals surface area contributed by atoms with Crippen molar-refractivity contribution < 1.29 is 9.21 Å². The Bertz CT molecular complexity index is 510. The van der Waals surface area contributed by atoms with Crippen LogP contribution in [0.2, 0.25) is 0 Å². The zero-order chi connectivity index (χ0) is 13.7. The van der Waals surface area contributed by atoms with Crippen LogP contribution in [0, 0.1) is 17.8 Å². The molecule has 0 aromatic carbocycles. The highest BCUT2D eigenvalue weighted by atomic mass is 16.3. The van der Waals surface area contributed by atoms with E-state index >= 15 is 0 Å². The van der Waals surface area contributed by atoms with Crippen molar-refractivity contribution in [1.29, 1.82) is 0 Å². The first-order chi connectivity index (χ1) is 9.72. The fourth-order valence-electron chi connectivity index (χ4n) is 4.80. The van der Waals surface area contributed by atoms with E-state index in [4.69, 9.17) is 10.2 Å². The maximum atomic E-state index is 12.8. The van der Waals surface area contributed by atoms with Gasteiger partial charge in [0.2, 0.25) is 0 Å². The molecule has 4 nitrogen and oxygen atoms in total. The lowest BCUT2D eigenvalue weighted by atomic mass is 9.68. The second-order valence-electron chi connectivity index (χ2n) is 6.89. The Balaban J connectivity index is 1.60. The van der Waals surface area contributed by atoms with Crippen LogP contribution in [-0.4, -0.2) is 23.4 Å². The average Bonchev–Trinajstić information content (AvgIpc) is 2.83. The molecule has 108 valence electrons. The largest absolute Gasteiger partial charge is 0.467 e. The number of rotatable bonds is 2. The molecule has 1 aromatic heterocycles. The Hall–Kier alpha value is -1.29. The average molecular weight is 274 g/mol. The van der Waals surface area contributed by atoms with Crippen LogP contribution in [0.25, 0.3) is 0 Å². The lowest BCUT2D eigenvalue weighted by Gasteiger charge is -2.38. The van der Waals surface area contributed by atoms with Crippen molar-refractivity contribution in [2.45, 2.75) is 44.7 Å². The second-order valence-corrected chi connectivity index (χ2v) is 6.89. The van der Waals surface area contributed by atoms with Gasteiger partial charge in [-0.1, -0.05) is 0 Å².